The zero-order chi connectivity index (χ0) is 14.7. The molecular weight excluding hydrogens is 392 g/mol. The van der Waals surface area contributed by atoms with Crippen molar-refractivity contribution in [3.05, 3.63) is 61.0 Å². The number of ether oxygens (including phenoxy) is 1. The molecule has 100 valence electrons. The van der Waals surface area contributed by atoms with Crippen molar-refractivity contribution >= 4 is 37.5 Å². The minimum Gasteiger partial charge on any atom is -0.455 e. The molecule has 0 radical (unpaired) electrons. The van der Waals surface area contributed by atoms with Crippen molar-refractivity contribution in [2.45, 2.75) is 0 Å². The largest absolute Gasteiger partial charge is 0.455 e. The fourth-order valence-electron chi connectivity index (χ4n) is 1.52. The zero-order valence-corrected chi connectivity index (χ0v) is 13.0. The second kappa shape index (κ2) is 6.03. The van der Waals surface area contributed by atoms with Crippen molar-refractivity contribution in [2.24, 2.45) is 0 Å². The fraction of sp³-hybridized carbons (Fsp3) is 0. The molecule has 0 aliphatic carbocycles. The summed E-state index contributed by atoms with van der Waals surface area (Å²) in [6.07, 6.45) is 0. The van der Waals surface area contributed by atoms with Gasteiger partial charge in [0, 0.05) is 10.5 Å². The third-order valence-corrected chi connectivity index (χ3v) is 3.71. The van der Waals surface area contributed by atoms with Crippen LogP contribution >= 0.6 is 31.9 Å². The lowest BCUT2D eigenvalue weighted by Crippen LogP contribution is -1.93. The van der Waals surface area contributed by atoms with E-state index < -0.39 is 4.92 Å². The first kappa shape index (κ1) is 14.5. The summed E-state index contributed by atoms with van der Waals surface area (Å²) in [5.74, 6) is 0.606. The topological polar surface area (TPSA) is 76.2 Å². The number of nitriles is 1. The van der Waals surface area contributed by atoms with Gasteiger partial charge in [0.15, 0.2) is 0 Å². The molecule has 0 bridgehead atoms. The van der Waals surface area contributed by atoms with E-state index in [0.717, 1.165) is 4.47 Å². The van der Waals surface area contributed by atoms with Crippen LogP contribution in [0.1, 0.15) is 5.56 Å². The van der Waals surface area contributed by atoms with Gasteiger partial charge in [-0.3, -0.25) is 10.1 Å². The van der Waals surface area contributed by atoms with Crippen molar-refractivity contribution in [3.63, 3.8) is 0 Å². The molecule has 0 aliphatic rings. The van der Waals surface area contributed by atoms with Gasteiger partial charge in [0.2, 0.25) is 0 Å². The van der Waals surface area contributed by atoms with E-state index in [9.17, 15) is 10.1 Å². The molecule has 0 aromatic heterocycles. The summed E-state index contributed by atoms with van der Waals surface area (Å²) in [6.45, 7) is 0. The van der Waals surface area contributed by atoms with Gasteiger partial charge < -0.3 is 4.74 Å². The SMILES string of the molecule is N#Cc1cc(Br)ccc1Oc1cccc([N+](=O)[O-])c1Br. The van der Waals surface area contributed by atoms with E-state index in [2.05, 4.69) is 31.9 Å². The van der Waals surface area contributed by atoms with Gasteiger partial charge in [0.25, 0.3) is 5.69 Å². The maximum absolute atomic E-state index is 10.9. The van der Waals surface area contributed by atoms with E-state index in [1.807, 2.05) is 6.07 Å². The molecule has 0 spiro atoms. The molecule has 2 rings (SSSR count). The predicted octanol–water partition coefficient (Wildman–Crippen LogP) is 4.78. The van der Waals surface area contributed by atoms with Crippen LogP contribution in [0.25, 0.3) is 0 Å². The lowest BCUT2D eigenvalue weighted by Gasteiger charge is -2.09. The summed E-state index contributed by atoms with van der Waals surface area (Å²) >= 11 is 6.40. The number of rotatable bonds is 3. The maximum Gasteiger partial charge on any atom is 0.287 e. The van der Waals surface area contributed by atoms with Crippen molar-refractivity contribution in [3.8, 4) is 17.6 Å². The Morgan fingerprint density at radius 3 is 2.60 bits per heavy atom. The van der Waals surface area contributed by atoms with Crippen LogP contribution in [0.4, 0.5) is 5.69 Å². The average Bonchev–Trinajstić information content (AvgIpc) is 2.42. The van der Waals surface area contributed by atoms with Crippen LogP contribution in [0, 0.1) is 21.4 Å². The highest BCUT2D eigenvalue weighted by atomic mass is 79.9. The number of nitro benzene ring substituents is 1. The van der Waals surface area contributed by atoms with Gasteiger partial charge in [-0.1, -0.05) is 22.0 Å². The van der Waals surface area contributed by atoms with Crippen LogP contribution in [0.2, 0.25) is 0 Å². The molecule has 7 heteroatoms. The molecule has 20 heavy (non-hydrogen) atoms. The second-order valence-electron chi connectivity index (χ2n) is 3.70. The Hall–Kier alpha value is -1.91. The number of hydrogen-bond donors (Lipinski definition) is 0. The van der Waals surface area contributed by atoms with Crippen LogP contribution in [-0.2, 0) is 0 Å². The molecule has 5 nitrogen and oxygen atoms in total. The summed E-state index contributed by atoms with van der Waals surface area (Å²) in [7, 11) is 0. The van der Waals surface area contributed by atoms with Crippen LogP contribution in [-0.4, -0.2) is 4.92 Å². The lowest BCUT2D eigenvalue weighted by atomic mass is 10.2. The van der Waals surface area contributed by atoms with Crippen LogP contribution in [0.3, 0.4) is 0 Å². The van der Waals surface area contributed by atoms with E-state index in [-0.39, 0.29) is 15.9 Å². The maximum atomic E-state index is 10.9. The van der Waals surface area contributed by atoms with E-state index >= 15 is 0 Å². The fourth-order valence-corrected chi connectivity index (χ4v) is 2.37. The van der Waals surface area contributed by atoms with Crippen molar-refractivity contribution in [2.75, 3.05) is 0 Å². The summed E-state index contributed by atoms with van der Waals surface area (Å²) < 4.78 is 6.57. The summed E-state index contributed by atoms with van der Waals surface area (Å²) in [4.78, 5) is 10.3. The second-order valence-corrected chi connectivity index (χ2v) is 5.41. The standard InChI is InChI=1S/C13H6Br2N2O3/c14-9-4-5-11(8(6-9)7-16)20-12-3-1-2-10(13(12)15)17(18)19/h1-6H. The van der Waals surface area contributed by atoms with Crippen LogP contribution < -0.4 is 4.74 Å². The van der Waals surface area contributed by atoms with Gasteiger partial charge >= 0.3 is 0 Å². The van der Waals surface area contributed by atoms with Crippen LogP contribution in [0.15, 0.2) is 45.3 Å². The highest BCUT2D eigenvalue weighted by Crippen LogP contribution is 2.37. The first-order valence-corrected chi connectivity index (χ1v) is 6.92. The van der Waals surface area contributed by atoms with E-state index in [1.165, 1.54) is 12.1 Å². The zero-order valence-electron chi connectivity index (χ0n) is 9.84. The Kier molecular flexibility index (Phi) is 4.37. The molecule has 0 aliphatic heterocycles. The Morgan fingerprint density at radius 1 is 1.20 bits per heavy atom. The first-order chi connectivity index (χ1) is 9.52. The quantitative estimate of drug-likeness (QED) is 0.551. The van der Waals surface area contributed by atoms with Crippen molar-refractivity contribution < 1.29 is 9.66 Å². The van der Waals surface area contributed by atoms with E-state index in [1.54, 1.807) is 24.3 Å². The average molecular weight is 398 g/mol. The van der Waals surface area contributed by atoms with E-state index in [4.69, 9.17) is 10.00 Å². The summed E-state index contributed by atoms with van der Waals surface area (Å²) in [5.41, 5.74) is 0.232. The van der Waals surface area contributed by atoms with E-state index in [0.29, 0.717) is 11.3 Å². The molecule has 0 unspecified atom stereocenters. The monoisotopic (exact) mass is 396 g/mol. The number of nitro groups is 1. The molecular formula is C13H6Br2N2O3. The molecule has 0 saturated heterocycles. The highest BCUT2D eigenvalue weighted by Gasteiger charge is 2.17. The molecule has 0 amide bonds. The lowest BCUT2D eigenvalue weighted by molar-refractivity contribution is -0.385. The Morgan fingerprint density at radius 2 is 1.95 bits per heavy atom. The number of nitrogens with zero attached hydrogens (tertiary/aromatic N) is 2. The van der Waals surface area contributed by atoms with Gasteiger partial charge in [-0.2, -0.15) is 5.26 Å². The Balaban J connectivity index is 2.44. The molecule has 0 N–H and O–H groups in total. The summed E-state index contributed by atoms with van der Waals surface area (Å²) in [6, 6.07) is 11.4. The Bertz CT molecular complexity index is 726. The number of hydrogen-bond acceptors (Lipinski definition) is 4. The number of benzene rings is 2. The van der Waals surface area contributed by atoms with Crippen LogP contribution in [0.5, 0.6) is 11.5 Å². The Labute approximate surface area is 131 Å². The molecule has 2 aromatic carbocycles. The predicted molar refractivity (Wildman–Crippen MR) is 79.7 cm³/mol. The third kappa shape index (κ3) is 2.98. The van der Waals surface area contributed by atoms with Gasteiger partial charge in [0.05, 0.1) is 10.5 Å². The normalized spacial score (nSPS) is 9.85. The minimum absolute atomic E-state index is 0.0990. The molecule has 0 fully saturated rings. The van der Waals surface area contributed by atoms with Crippen molar-refractivity contribution in [1.82, 2.24) is 0 Å². The van der Waals surface area contributed by atoms with Crippen molar-refractivity contribution in [1.29, 1.82) is 5.26 Å². The van der Waals surface area contributed by atoms with Gasteiger partial charge in [-0.05, 0) is 40.2 Å². The summed E-state index contributed by atoms with van der Waals surface area (Å²) in [5, 5.41) is 19.9. The third-order valence-electron chi connectivity index (χ3n) is 2.42. The van der Waals surface area contributed by atoms with Gasteiger partial charge in [-0.15, -0.1) is 0 Å². The molecule has 0 heterocycles. The number of halogens is 2. The smallest absolute Gasteiger partial charge is 0.287 e. The highest BCUT2D eigenvalue weighted by molar-refractivity contribution is 9.11. The molecule has 0 atom stereocenters. The van der Waals surface area contributed by atoms with Gasteiger partial charge in [0.1, 0.15) is 22.0 Å². The first-order valence-electron chi connectivity index (χ1n) is 5.33. The van der Waals surface area contributed by atoms with Gasteiger partial charge in [-0.25, -0.2) is 0 Å². The molecule has 2 aromatic rings. The minimum atomic E-state index is -0.510. The molecule has 0 saturated carbocycles.